The predicted octanol–water partition coefficient (Wildman–Crippen LogP) is 2.45. The molecule has 0 aromatic heterocycles. The largest absolute Gasteiger partial charge is 0.454 e. The molecule has 2 aromatic rings. The highest BCUT2D eigenvalue weighted by Crippen LogP contribution is 2.37. The lowest BCUT2D eigenvalue weighted by molar-refractivity contribution is -0.138. The zero-order chi connectivity index (χ0) is 15.8. The van der Waals surface area contributed by atoms with Crippen LogP contribution in [0.4, 0.5) is 5.69 Å². The van der Waals surface area contributed by atoms with Crippen molar-refractivity contribution in [2.24, 2.45) is 0 Å². The SMILES string of the molecule is O=C1C[C@H](C(=O)Oc2ccc3c(c2)OCO3)c2ccccc2N1. The second-order valence-electron chi connectivity index (χ2n) is 5.33. The van der Waals surface area contributed by atoms with Gasteiger partial charge in [0.2, 0.25) is 12.7 Å². The van der Waals surface area contributed by atoms with Crippen molar-refractivity contribution in [1.82, 2.24) is 0 Å². The number of nitrogens with one attached hydrogen (secondary N) is 1. The van der Waals surface area contributed by atoms with E-state index in [1.807, 2.05) is 18.2 Å². The van der Waals surface area contributed by atoms with Crippen molar-refractivity contribution in [3.63, 3.8) is 0 Å². The number of esters is 1. The molecule has 1 N–H and O–H groups in total. The zero-order valence-corrected chi connectivity index (χ0v) is 12.1. The minimum absolute atomic E-state index is 0.0698. The Bertz CT molecular complexity index is 801. The number of benzene rings is 2. The van der Waals surface area contributed by atoms with Crippen molar-refractivity contribution in [2.45, 2.75) is 12.3 Å². The van der Waals surface area contributed by atoms with E-state index in [1.54, 1.807) is 24.3 Å². The average Bonchev–Trinajstić information content (AvgIpc) is 3.01. The average molecular weight is 311 g/mol. The van der Waals surface area contributed by atoms with Gasteiger partial charge in [-0.1, -0.05) is 18.2 Å². The number of amides is 1. The molecule has 0 aliphatic carbocycles. The molecular formula is C17H13NO5. The van der Waals surface area contributed by atoms with Gasteiger partial charge in [-0.15, -0.1) is 0 Å². The van der Waals surface area contributed by atoms with E-state index in [0.717, 1.165) is 5.56 Å². The molecule has 0 bridgehead atoms. The summed E-state index contributed by atoms with van der Waals surface area (Å²) in [6, 6.07) is 12.2. The molecule has 0 saturated heterocycles. The summed E-state index contributed by atoms with van der Waals surface area (Å²) in [5.41, 5.74) is 1.41. The van der Waals surface area contributed by atoms with Crippen LogP contribution in [0.15, 0.2) is 42.5 Å². The molecule has 6 nitrogen and oxygen atoms in total. The molecule has 0 spiro atoms. The molecule has 0 radical (unpaired) electrons. The molecule has 2 aliphatic heterocycles. The Kier molecular flexibility index (Phi) is 3.15. The number of para-hydroxylation sites is 1. The lowest BCUT2D eigenvalue weighted by Crippen LogP contribution is -2.29. The Hall–Kier alpha value is -3.02. The minimum Gasteiger partial charge on any atom is -0.454 e. The molecule has 1 atom stereocenters. The van der Waals surface area contributed by atoms with Crippen molar-refractivity contribution < 1.29 is 23.8 Å². The Morgan fingerprint density at radius 2 is 1.96 bits per heavy atom. The number of hydrogen-bond donors (Lipinski definition) is 1. The molecular weight excluding hydrogens is 298 g/mol. The fourth-order valence-electron chi connectivity index (χ4n) is 2.75. The van der Waals surface area contributed by atoms with Crippen LogP contribution in [0, 0.1) is 0 Å². The number of carbonyl (C=O) groups is 2. The van der Waals surface area contributed by atoms with Crippen LogP contribution >= 0.6 is 0 Å². The van der Waals surface area contributed by atoms with Gasteiger partial charge >= 0.3 is 5.97 Å². The maximum Gasteiger partial charge on any atom is 0.319 e. The molecule has 116 valence electrons. The number of fused-ring (bicyclic) bond motifs is 2. The maximum atomic E-state index is 12.5. The summed E-state index contributed by atoms with van der Waals surface area (Å²) < 4.78 is 15.9. The molecule has 0 saturated carbocycles. The summed E-state index contributed by atoms with van der Waals surface area (Å²) in [6.45, 7) is 0.156. The summed E-state index contributed by atoms with van der Waals surface area (Å²) in [5, 5.41) is 2.76. The van der Waals surface area contributed by atoms with E-state index < -0.39 is 11.9 Å². The third kappa shape index (κ3) is 2.48. The number of hydrogen-bond acceptors (Lipinski definition) is 5. The monoisotopic (exact) mass is 311 g/mol. The van der Waals surface area contributed by atoms with Gasteiger partial charge in [0.25, 0.3) is 0 Å². The molecule has 0 unspecified atom stereocenters. The van der Waals surface area contributed by atoms with E-state index in [9.17, 15) is 9.59 Å². The molecule has 6 heteroatoms. The van der Waals surface area contributed by atoms with Gasteiger partial charge in [0.1, 0.15) is 5.75 Å². The van der Waals surface area contributed by atoms with Gasteiger partial charge in [0.05, 0.1) is 5.92 Å². The van der Waals surface area contributed by atoms with Gasteiger partial charge in [-0.05, 0) is 23.8 Å². The molecule has 0 fully saturated rings. The van der Waals surface area contributed by atoms with Crippen LogP contribution in [0.2, 0.25) is 0 Å². The molecule has 1 amide bonds. The Morgan fingerprint density at radius 1 is 1.13 bits per heavy atom. The third-order valence-electron chi connectivity index (χ3n) is 3.85. The molecule has 4 rings (SSSR count). The van der Waals surface area contributed by atoms with Gasteiger partial charge in [-0.25, -0.2) is 0 Å². The first-order valence-electron chi connectivity index (χ1n) is 7.21. The maximum absolute atomic E-state index is 12.5. The van der Waals surface area contributed by atoms with Gasteiger partial charge in [0, 0.05) is 18.2 Å². The fourth-order valence-corrected chi connectivity index (χ4v) is 2.75. The Labute approximate surface area is 132 Å². The zero-order valence-electron chi connectivity index (χ0n) is 12.1. The van der Waals surface area contributed by atoms with E-state index in [4.69, 9.17) is 14.2 Å². The van der Waals surface area contributed by atoms with E-state index in [1.165, 1.54) is 0 Å². The summed E-state index contributed by atoms with van der Waals surface area (Å²) >= 11 is 0. The second-order valence-corrected chi connectivity index (χ2v) is 5.33. The van der Waals surface area contributed by atoms with Crippen molar-refractivity contribution >= 4 is 17.6 Å². The topological polar surface area (TPSA) is 73.9 Å². The Balaban J connectivity index is 1.59. The van der Waals surface area contributed by atoms with Crippen LogP contribution in [0.25, 0.3) is 0 Å². The van der Waals surface area contributed by atoms with Crippen LogP contribution in [0.5, 0.6) is 17.2 Å². The van der Waals surface area contributed by atoms with Crippen LogP contribution < -0.4 is 19.5 Å². The van der Waals surface area contributed by atoms with Crippen molar-refractivity contribution in [1.29, 1.82) is 0 Å². The van der Waals surface area contributed by atoms with Crippen LogP contribution in [-0.2, 0) is 9.59 Å². The summed E-state index contributed by atoms with van der Waals surface area (Å²) in [5.74, 6) is 0.236. The van der Waals surface area contributed by atoms with E-state index >= 15 is 0 Å². The Morgan fingerprint density at radius 3 is 2.87 bits per heavy atom. The number of rotatable bonds is 2. The van der Waals surface area contributed by atoms with Crippen molar-refractivity contribution in [2.75, 3.05) is 12.1 Å². The fraction of sp³-hybridized carbons (Fsp3) is 0.176. The number of ether oxygens (including phenoxy) is 3. The molecule has 2 heterocycles. The first-order valence-corrected chi connectivity index (χ1v) is 7.21. The minimum atomic E-state index is -0.620. The highest BCUT2D eigenvalue weighted by Gasteiger charge is 2.32. The first kappa shape index (κ1) is 13.6. The lowest BCUT2D eigenvalue weighted by Gasteiger charge is -2.24. The second kappa shape index (κ2) is 5.31. The van der Waals surface area contributed by atoms with Crippen molar-refractivity contribution in [3.8, 4) is 17.2 Å². The van der Waals surface area contributed by atoms with Gasteiger partial charge in [-0.3, -0.25) is 9.59 Å². The van der Waals surface area contributed by atoms with Gasteiger partial charge in [0.15, 0.2) is 11.5 Å². The van der Waals surface area contributed by atoms with Crippen molar-refractivity contribution in [3.05, 3.63) is 48.0 Å². The first-order chi connectivity index (χ1) is 11.2. The smallest absolute Gasteiger partial charge is 0.319 e. The predicted molar refractivity (Wildman–Crippen MR) is 80.6 cm³/mol. The summed E-state index contributed by atoms with van der Waals surface area (Å²) in [4.78, 5) is 24.3. The standard InChI is InChI=1S/C17H13NO5/c19-16-8-12(11-3-1-2-4-13(11)18-16)17(20)23-10-5-6-14-15(7-10)22-9-21-14/h1-7,12H,8-9H2,(H,18,19)/t12-/m0/s1. The highest BCUT2D eigenvalue weighted by atomic mass is 16.7. The normalized spacial score (nSPS) is 18.1. The van der Waals surface area contributed by atoms with Crippen LogP contribution in [-0.4, -0.2) is 18.7 Å². The number of anilines is 1. The summed E-state index contributed by atoms with van der Waals surface area (Å²) in [7, 11) is 0. The molecule has 23 heavy (non-hydrogen) atoms. The highest BCUT2D eigenvalue weighted by molar-refractivity contribution is 6.00. The third-order valence-corrected chi connectivity index (χ3v) is 3.85. The molecule has 2 aromatic carbocycles. The van der Waals surface area contributed by atoms with Gasteiger partial charge < -0.3 is 19.5 Å². The number of carbonyl (C=O) groups excluding carboxylic acids is 2. The summed E-state index contributed by atoms with van der Waals surface area (Å²) in [6.07, 6.45) is 0.0698. The quantitative estimate of drug-likeness (QED) is 0.681. The van der Waals surface area contributed by atoms with E-state index in [0.29, 0.717) is 22.9 Å². The van der Waals surface area contributed by atoms with E-state index in [-0.39, 0.29) is 19.1 Å². The van der Waals surface area contributed by atoms with E-state index in [2.05, 4.69) is 5.32 Å². The van der Waals surface area contributed by atoms with Crippen LogP contribution in [0.3, 0.4) is 0 Å². The van der Waals surface area contributed by atoms with Crippen LogP contribution in [0.1, 0.15) is 17.9 Å². The molecule has 2 aliphatic rings. The van der Waals surface area contributed by atoms with Gasteiger partial charge in [-0.2, -0.15) is 0 Å². The lowest BCUT2D eigenvalue weighted by atomic mass is 9.91.